The van der Waals surface area contributed by atoms with Crippen molar-refractivity contribution in [1.82, 2.24) is 5.43 Å². The van der Waals surface area contributed by atoms with Crippen molar-refractivity contribution in [2.45, 2.75) is 0 Å². The van der Waals surface area contributed by atoms with Crippen LogP contribution in [0.2, 0.25) is 10.0 Å². The number of hydrazone groups is 1. The van der Waals surface area contributed by atoms with Crippen LogP contribution in [-0.2, 0) is 0 Å². The van der Waals surface area contributed by atoms with Crippen LogP contribution >= 0.6 is 23.2 Å². The maximum absolute atomic E-state index is 11.8. The molecule has 0 radical (unpaired) electrons. The predicted octanol–water partition coefficient (Wildman–Crippen LogP) is 3.26. The number of carbonyl (C=O) groups excluding carboxylic acids is 1. The summed E-state index contributed by atoms with van der Waals surface area (Å²) in [6.45, 7) is 0. The van der Waals surface area contributed by atoms with Crippen LogP contribution in [0, 0.1) is 10.1 Å². The monoisotopic (exact) mass is 327 g/mol. The third-order valence-corrected chi connectivity index (χ3v) is 2.87. The fourth-order valence-corrected chi connectivity index (χ4v) is 1.89. The molecule has 108 valence electrons. The summed E-state index contributed by atoms with van der Waals surface area (Å²) in [5, 5.41) is 14.6. The second kappa shape index (κ2) is 6.38. The molecule has 1 aromatic heterocycles. The van der Waals surface area contributed by atoms with Gasteiger partial charge in [-0.05, 0) is 24.3 Å². The Morgan fingerprint density at radius 1 is 1.33 bits per heavy atom. The van der Waals surface area contributed by atoms with Gasteiger partial charge < -0.3 is 4.42 Å². The molecule has 1 heterocycles. The van der Waals surface area contributed by atoms with Crippen LogP contribution < -0.4 is 5.43 Å². The number of rotatable bonds is 4. The van der Waals surface area contributed by atoms with Crippen LogP contribution in [-0.4, -0.2) is 17.0 Å². The minimum Gasteiger partial charge on any atom is -0.400 e. The Labute approximate surface area is 128 Å². The molecule has 2 aromatic rings. The van der Waals surface area contributed by atoms with Gasteiger partial charge in [0.05, 0.1) is 22.9 Å². The summed E-state index contributed by atoms with van der Waals surface area (Å²) in [6, 6.07) is 6.93. The van der Waals surface area contributed by atoms with Crippen molar-refractivity contribution in [3.63, 3.8) is 0 Å². The fraction of sp³-hybridized carbons (Fsp3) is 0. The minimum absolute atomic E-state index is 0.129. The molecule has 1 N–H and O–H groups in total. The zero-order valence-electron chi connectivity index (χ0n) is 10.2. The van der Waals surface area contributed by atoms with E-state index in [0.29, 0.717) is 5.02 Å². The molecular weight excluding hydrogens is 321 g/mol. The Bertz CT molecular complexity index is 727. The summed E-state index contributed by atoms with van der Waals surface area (Å²) in [5.41, 5.74) is 2.42. The van der Waals surface area contributed by atoms with Crippen molar-refractivity contribution in [3.8, 4) is 0 Å². The second-order valence-electron chi connectivity index (χ2n) is 3.76. The molecule has 0 aliphatic rings. The summed E-state index contributed by atoms with van der Waals surface area (Å²) in [5.74, 6) is -0.832. The number of halogens is 2. The number of nitrogens with one attached hydrogen (secondary N) is 1. The molecule has 0 saturated heterocycles. The van der Waals surface area contributed by atoms with E-state index < -0.39 is 16.7 Å². The van der Waals surface area contributed by atoms with E-state index in [4.69, 9.17) is 27.6 Å². The molecule has 2 rings (SSSR count). The summed E-state index contributed by atoms with van der Waals surface area (Å²) in [7, 11) is 0. The maximum atomic E-state index is 11.8. The summed E-state index contributed by atoms with van der Waals surface area (Å²) in [6.07, 6.45) is 1.13. The lowest BCUT2D eigenvalue weighted by Crippen LogP contribution is -2.17. The van der Waals surface area contributed by atoms with Gasteiger partial charge in [0.2, 0.25) is 0 Å². The maximum Gasteiger partial charge on any atom is 0.433 e. The zero-order valence-corrected chi connectivity index (χ0v) is 11.8. The lowest BCUT2D eigenvalue weighted by Gasteiger charge is -2.02. The largest absolute Gasteiger partial charge is 0.433 e. The molecule has 0 unspecified atom stereocenters. The number of hydrogen-bond acceptors (Lipinski definition) is 5. The molecule has 7 nitrogen and oxygen atoms in total. The van der Waals surface area contributed by atoms with E-state index in [9.17, 15) is 14.9 Å². The first kappa shape index (κ1) is 15.0. The Hall–Kier alpha value is -2.38. The summed E-state index contributed by atoms with van der Waals surface area (Å²) in [4.78, 5) is 21.5. The van der Waals surface area contributed by atoms with Crippen LogP contribution in [0.15, 0.2) is 39.9 Å². The first-order valence-electron chi connectivity index (χ1n) is 5.50. The topological polar surface area (TPSA) is 97.7 Å². The Balaban J connectivity index is 2.03. The van der Waals surface area contributed by atoms with E-state index in [1.165, 1.54) is 30.3 Å². The van der Waals surface area contributed by atoms with Gasteiger partial charge in [-0.3, -0.25) is 14.9 Å². The Morgan fingerprint density at radius 3 is 2.71 bits per heavy atom. The van der Waals surface area contributed by atoms with Gasteiger partial charge >= 0.3 is 5.88 Å². The van der Waals surface area contributed by atoms with Crippen LogP contribution in [0.5, 0.6) is 0 Å². The van der Waals surface area contributed by atoms with Gasteiger partial charge in [0, 0.05) is 5.02 Å². The highest BCUT2D eigenvalue weighted by molar-refractivity contribution is 6.36. The average Bonchev–Trinajstić information content (AvgIpc) is 2.87. The van der Waals surface area contributed by atoms with Gasteiger partial charge in [-0.15, -0.1) is 0 Å². The molecular formula is C12H7Cl2N3O4. The number of benzene rings is 1. The summed E-state index contributed by atoms with van der Waals surface area (Å²) >= 11 is 11.6. The highest BCUT2D eigenvalue weighted by atomic mass is 35.5. The van der Waals surface area contributed by atoms with Crippen LogP contribution in [0.25, 0.3) is 0 Å². The first-order chi connectivity index (χ1) is 9.97. The molecule has 0 fully saturated rings. The van der Waals surface area contributed by atoms with Crippen LogP contribution in [0.1, 0.15) is 16.1 Å². The molecule has 21 heavy (non-hydrogen) atoms. The van der Waals surface area contributed by atoms with Crippen molar-refractivity contribution in [2.24, 2.45) is 5.10 Å². The highest BCUT2D eigenvalue weighted by Gasteiger charge is 2.11. The van der Waals surface area contributed by atoms with E-state index >= 15 is 0 Å². The number of hydrogen-bond donors (Lipinski definition) is 1. The van der Waals surface area contributed by atoms with Crippen LogP contribution in [0.3, 0.4) is 0 Å². The third kappa shape index (κ3) is 3.80. The number of amides is 1. The lowest BCUT2D eigenvalue weighted by molar-refractivity contribution is -0.402. The van der Waals surface area contributed by atoms with Crippen molar-refractivity contribution < 1.29 is 14.1 Å². The molecule has 1 amide bonds. The van der Waals surface area contributed by atoms with Crippen molar-refractivity contribution in [3.05, 3.63) is 61.8 Å². The number of furan rings is 1. The minimum atomic E-state index is -0.677. The average molecular weight is 328 g/mol. The number of nitrogens with zero attached hydrogens (tertiary/aromatic N) is 2. The molecule has 0 atom stereocenters. The van der Waals surface area contributed by atoms with Gasteiger partial charge in [-0.25, -0.2) is 5.43 Å². The molecule has 9 heteroatoms. The quantitative estimate of drug-likeness (QED) is 0.529. The Morgan fingerprint density at radius 2 is 2.10 bits per heavy atom. The van der Waals surface area contributed by atoms with Crippen LogP contribution in [0.4, 0.5) is 5.88 Å². The number of nitro groups is 1. The molecule has 1 aromatic carbocycles. The smallest absolute Gasteiger partial charge is 0.400 e. The van der Waals surface area contributed by atoms with E-state index in [2.05, 4.69) is 10.5 Å². The normalized spacial score (nSPS) is 10.8. The Kier molecular flexibility index (Phi) is 4.56. The van der Waals surface area contributed by atoms with Gasteiger partial charge in [-0.1, -0.05) is 23.2 Å². The van der Waals surface area contributed by atoms with Gasteiger partial charge in [-0.2, -0.15) is 5.10 Å². The van der Waals surface area contributed by atoms with E-state index in [-0.39, 0.29) is 16.3 Å². The predicted molar refractivity (Wildman–Crippen MR) is 76.9 cm³/mol. The van der Waals surface area contributed by atoms with Gasteiger partial charge in [0.15, 0.2) is 5.76 Å². The highest BCUT2D eigenvalue weighted by Crippen LogP contribution is 2.20. The van der Waals surface area contributed by atoms with Crippen molar-refractivity contribution in [1.29, 1.82) is 0 Å². The molecule has 0 spiro atoms. The third-order valence-electron chi connectivity index (χ3n) is 2.33. The van der Waals surface area contributed by atoms with E-state index in [1.54, 1.807) is 0 Å². The van der Waals surface area contributed by atoms with Crippen molar-refractivity contribution >= 4 is 41.2 Å². The van der Waals surface area contributed by atoms with E-state index in [1.807, 2.05) is 0 Å². The zero-order chi connectivity index (χ0) is 15.4. The van der Waals surface area contributed by atoms with Gasteiger partial charge in [0.1, 0.15) is 4.92 Å². The van der Waals surface area contributed by atoms with Crippen molar-refractivity contribution in [2.75, 3.05) is 0 Å². The number of carbonyl (C=O) groups is 1. The summed E-state index contributed by atoms with van der Waals surface area (Å²) < 4.78 is 4.83. The van der Waals surface area contributed by atoms with E-state index in [0.717, 1.165) is 6.21 Å². The lowest BCUT2D eigenvalue weighted by atomic mass is 10.2. The molecule has 0 aliphatic carbocycles. The molecule has 0 aliphatic heterocycles. The first-order valence-corrected chi connectivity index (χ1v) is 6.25. The van der Waals surface area contributed by atoms with Gasteiger partial charge in [0.25, 0.3) is 5.91 Å². The second-order valence-corrected chi connectivity index (χ2v) is 4.60. The molecule has 0 saturated carbocycles. The standard InChI is InChI=1S/C12H7Cl2N3O4/c13-7-1-3-9(10(14)5-7)12(18)16-15-6-8-2-4-11(21-8)17(19)20/h1-6H,(H,16,18)/b15-6-. The SMILES string of the molecule is O=C(N/N=C\c1ccc([N+](=O)[O-])o1)c1ccc(Cl)cc1Cl. The molecule has 0 bridgehead atoms. The fourth-order valence-electron chi connectivity index (χ4n) is 1.40.